The number of rotatable bonds is 5. The minimum Gasteiger partial charge on any atom is -0.384 e. The van der Waals surface area contributed by atoms with Gasteiger partial charge in [-0.15, -0.1) is 11.8 Å². The Morgan fingerprint density at radius 2 is 2.11 bits per heavy atom. The van der Waals surface area contributed by atoms with Crippen LogP contribution in [0.4, 0.5) is 0 Å². The molecule has 0 aliphatic carbocycles. The number of hydrogen-bond donors (Lipinski definition) is 2. The number of amidine groups is 1. The Bertz CT molecular complexity index is 568. The molecule has 0 radical (unpaired) electrons. The van der Waals surface area contributed by atoms with Crippen molar-refractivity contribution < 1.29 is 8.42 Å². The summed E-state index contributed by atoms with van der Waals surface area (Å²) in [6.07, 6.45) is 1.20. The maximum atomic E-state index is 11.1. The summed E-state index contributed by atoms with van der Waals surface area (Å²) in [6, 6.07) is 1.86. The minimum atomic E-state index is -2.98. The third-order valence-corrected chi connectivity index (χ3v) is 4.45. The Labute approximate surface area is 112 Å². The molecule has 0 aromatic carbocycles. The van der Waals surface area contributed by atoms with Gasteiger partial charge in [0.05, 0.1) is 11.3 Å². The molecule has 0 atom stereocenters. The van der Waals surface area contributed by atoms with Crippen molar-refractivity contribution in [3.05, 3.63) is 22.9 Å². The van der Waals surface area contributed by atoms with Crippen LogP contribution in [0, 0.1) is 19.3 Å². The van der Waals surface area contributed by atoms with E-state index in [0.717, 1.165) is 11.3 Å². The van der Waals surface area contributed by atoms with Gasteiger partial charge in [-0.05, 0) is 25.5 Å². The van der Waals surface area contributed by atoms with E-state index in [-0.39, 0.29) is 11.6 Å². The number of thioether (sulfide) groups is 1. The van der Waals surface area contributed by atoms with E-state index < -0.39 is 9.84 Å². The second-order valence-corrected chi connectivity index (χ2v) is 7.50. The van der Waals surface area contributed by atoms with Crippen LogP contribution in [0.25, 0.3) is 0 Å². The fourth-order valence-corrected chi connectivity index (χ4v) is 3.89. The summed E-state index contributed by atoms with van der Waals surface area (Å²) in [5.74, 6) is 0.459. The van der Waals surface area contributed by atoms with E-state index in [2.05, 4.69) is 4.98 Å². The van der Waals surface area contributed by atoms with Crippen molar-refractivity contribution in [3.63, 3.8) is 0 Å². The summed E-state index contributed by atoms with van der Waals surface area (Å²) in [5.41, 5.74) is 7.85. The van der Waals surface area contributed by atoms with Crippen LogP contribution in [0.5, 0.6) is 0 Å². The molecule has 1 aromatic rings. The first-order valence-electron chi connectivity index (χ1n) is 5.34. The lowest BCUT2D eigenvalue weighted by atomic mass is 10.1. The van der Waals surface area contributed by atoms with Crippen LogP contribution in [-0.4, -0.2) is 37.0 Å². The van der Waals surface area contributed by atoms with Crippen LogP contribution in [-0.2, 0) is 9.84 Å². The van der Waals surface area contributed by atoms with Crippen molar-refractivity contribution in [2.75, 3.05) is 17.8 Å². The fraction of sp³-hybridized carbons (Fsp3) is 0.455. The van der Waals surface area contributed by atoms with Crippen molar-refractivity contribution in [3.8, 4) is 0 Å². The van der Waals surface area contributed by atoms with E-state index in [1.165, 1.54) is 18.0 Å². The zero-order chi connectivity index (χ0) is 13.9. The molecule has 0 amide bonds. The zero-order valence-corrected chi connectivity index (χ0v) is 12.3. The Morgan fingerprint density at radius 3 is 2.61 bits per heavy atom. The monoisotopic (exact) mass is 287 g/mol. The van der Waals surface area contributed by atoms with E-state index in [1.807, 2.05) is 19.9 Å². The lowest BCUT2D eigenvalue weighted by Gasteiger charge is -2.11. The summed E-state index contributed by atoms with van der Waals surface area (Å²) < 4.78 is 22.1. The van der Waals surface area contributed by atoms with Gasteiger partial charge in [-0.1, -0.05) is 0 Å². The molecular weight excluding hydrogens is 270 g/mol. The maximum Gasteiger partial charge on any atom is 0.148 e. The molecule has 1 aromatic heterocycles. The largest absolute Gasteiger partial charge is 0.384 e. The van der Waals surface area contributed by atoms with Gasteiger partial charge < -0.3 is 5.73 Å². The summed E-state index contributed by atoms with van der Waals surface area (Å²) in [4.78, 5) is 4.32. The van der Waals surface area contributed by atoms with E-state index in [0.29, 0.717) is 16.3 Å². The van der Waals surface area contributed by atoms with Crippen molar-refractivity contribution in [1.29, 1.82) is 5.41 Å². The Balaban J connectivity index is 2.97. The first kappa shape index (κ1) is 15.0. The lowest BCUT2D eigenvalue weighted by Crippen LogP contribution is -2.16. The number of nitrogen functional groups attached to an aromatic ring is 1. The molecule has 0 saturated carbocycles. The molecule has 0 aliphatic heterocycles. The van der Waals surface area contributed by atoms with Crippen LogP contribution >= 0.6 is 11.8 Å². The fourth-order valence-electron chi connectivity index (χ4n) is 1.52. The second kappa shape index (κ2) is 5.71. The van der Waals surface area contributed by atoms with Crippen molar-refractivity contribution in [2.45, 2.75) is 18.9 Å². The van der Waals surface area contributed by atoms with Gasteiger partial charge in [0, 0.05) is 17.7 Å². The molecule has 0 aliphatic rings. The molecule has 1 heterocycles. The molecule has 0 spiro atoms. The van der Waals surface area contributed by atoms with Crippen molar-refractivity contribution in [1.82, 2.24) is 4.98 Å². The number of nitrogens with two attached hydrogens (primary N) is 1. The van der Waals surface area contributed by atoms with Gasteiger partial charge in [-0.2, -0.15) is 0 Å². The Morgan fingerprint density at radius 1 is 1.50 bits per heavy atom. The molecule has 1 rings (SSSR count). The summed E-state index contributed by atoms with van der Waals surface area (Å²) in [6.45, 7) is 3.73. The summed E-state index contributed by atoms with van der Waals surface area (Å²) >= 11 is 1.32. The third-order valence-electron chi connectivity index (χ3n) is 2.27. The normalized spacial score (nSPS) is 11.5. The Hall–Kier alpha value is -1.08. The number of hydrogen-bond acceptors (Lipinski definition) is 5. The highest BCUT2D eigenvalue weighted by molar-refractivity contribution is 8.00. The quantitative estimate of drug-likeness (QED) is 0.480. The second-order valence-electron chi connectivity index (χ2n) is 4.15. The van der Waals surface area contributed by atoms with Gasteiger partial charge in [0.1, 0.15) is 20.7 Å². The standard InChI is InChI=1S/C11H17N3O2S2/c1-7-6-8(2)14-11(9(7)10(12)13)17-4-5-18(3,15)16/h6H,4-5H2,1-3H3,(H3,12,13). The molecule has 0 saturated heterocycles. The van der Waals surface area contributed by atoms with Crippen LogP contribution in [0.15, 0.2) is 11.1 Å². The highest BCUT2D eigenvalue weighted by Gasteiger charge is 2.13. The van der Waals surface area contributed by atoms with E-state index in [9.17, 15) is 8.42 Å². The highest BCUT2D eigenvalue weighted by Crippen LogP contribution is 2.23. The molecule has 7 heteroatoms. The van der Waals surface area contributed by atoms with E-state index in [4.69, 9.17) is 11.1 Å². The average molecular weight is 287 g/mol. The number of aromatic nitrogens is 1. The van der Waals surface area contributed by atoms with Gasteiger partial charge >= 0.3 is 0 Å². The molecule has 0 bridgehead atoms. The first-order valence-corrected chi connectivity index (χ1v) is 8.38. The van der Waals surface area contributed by atoms with Gasteiger partial charge in [0.2, 0.25) is 0 Å². The summed E-state index contributed by atoms with van der Waals surface area (Å²) in [5, 5.41) is 8.18. The molecular formula is C11H17N3O2S2. The van der Waals surface area contributed by atoms with Crippen molar-refractivity contribution >= 4 is 27.4 Å². The lowest BCUT2D eigenvalue weighted by molar-refractivity contribution is 0.603. The number of pyridine rings is 1. The van der Waals surface area contributed by atoms with Crippen LogP contribution in [0.3, 0.4) is 0 Å². The minimum absolute atomic E-state index is 0.0399. The van der Waals surface area contributed by atoms with Gasteiger partial charge in [-0.3, -0.25) is 5.41 Å². The van der Waals surface area contributed by atoms with Crippen LogP contribution < -0.4 is 5.73 Å². The average Bonchev–Trinajstić information content (AvgIpc) is 2.13. The predicted molar refractivity (Wildman–Crippen MR) is 75.2 cm³/mol. The van der Waals surface area contributed by atoms with E-state index >= 15 is 0 Å². The van der Waals surface area contributed by atoms with Gasteiger partial charge in [-0.25, -0.2) is 13.4 Å². The number of nitrogens with zero attached hydrogens (tertiary/aromatic N) is 1. The number of nitrogens with one attached hydrogen (secondary N) is 1. The first-order chi connectivity index (χ1) is 8.20. The molecule has 0 fully saturated rings. The molecule has 100 valence electrons. The van der Waals surface area contributed by atoms with E-state index in [1.54, 1.807) is 0 Å². The predicted octanol–water partition coefficient (Wildman–Crippen LogP) is 1.12. The zero-order valence-electron chi connectivity index (χ0n) is 10.6. The molecule has 5 nitrogen and oxygen atoms in total. The molecule has 18 heavy (non-hydrogen) atoms. The number of aryl methyl sites for hydroxylation is 2. The molecule has 3 N–H and O–H groups in total. The highest BCUT2D eigenvalue weighted by atomic mass is 32.2. The number of sulfone groups is 1. The van der Waals surface area contributed by atoms with Crippen LogP contribution in [0.2, 0.25) is 0 Å². The smallest absolute Gasteiger partial charge is 0.148 e. The molecule has 0 unspecified atom stereocenters. The van der Waals surface area contributed by atoms with Gasteiger partial charge in [0.25, 0.3) is 0 Å². The third kappa shape index (κ3) is 4.30. The maximum absolute atomic E-state index is 11.1. The summed E-state index contributed by atoms with van der Waals surface area (Å²) in [7, 11) is -2.98. The topological polar surface area (TPSA) is 96.9 Å². The van der Waals surface area contributed by atoms with Crippen molar-refractivity contribution in [2.24, 2.45) is 5.73 Å². The SMILES string of the molecule is Cc1cc(C)c(C(=N)N)c(SCCS(C)(=O)=O)n1. The van der Waals surface area contributed by atoms with Crippen LogP contribution in [0.1, 0.15) is 16.8 Å². The Kier molecular flexibility index (Phi) is 4.75. The van der Waals surface area contributed by atoms with Gasteiger partial charge in [0.15, 0.2) is 0 Å².